The van der Waals surface area contributed by atoms with Crippen LogP contribution >= 0.6 is 0 Å². The standard InChI is InChI=1S/C23H29N5O4S/c1-16-13-17(2)22(24-15-16)26-8-10-27(11-9-26)23(30)20-6-5-19(14-21(20)25-18(3)29)28-7-4-12-33(28,31)32/h5-6,13-15H,4,7-12H2,1-3H3,(H,25,29). The molecule has 2 aliphatic heterocycles. The number of hydrogen-bond acceptors (Lipinski definition) is 6. The summed E-state index contributed by atoms with van der Waals surface area (Å²) in [6.07, 6.45) is 2.40. The van der Waals surface area contributed by atoms with E-state index in [2.05, 4.69) is 21.3 Å². The highest BCUT2D eigenvalue weighted by Gasteiger charge is 2.30. The summed E-state index contributed by atoms with van der Waals surface area (Å²) in [5, 5.41) is 2.70. The van der Waals surface area contributed by atoms with Gasteiger partial charge in [0.1, 0.15) is 5.82 Å². The number of nitrogens with one attached hydrogen (secondary N) is 1. The van der Waals surface area contributed by atoms with Crippen molar-refractivity contribution in [3.05, 3.63) is 47.2 Å². The summed E-state index contributed by atoms with van der Waals surface area (Å²) in [6, 6.07) is 6.92. The van der Waals surface area contributed by atoms with Crippen molar-refractivity contribution >= 4 is 39.0 Å². The largest absolute Gasteiger partial charge is 0.353 e. The molecule has 2 aliphatic rings. The van der Waals surface area contributed by atoms with Crippen molar-refractivity contribution in [1.29, 1.82) is 0 Å². The van der Waals surface area contributed by atoms with Gasteiger partial charge in [-0.05, 0) is 49.6 Å². The van der Waals surface area contributed by atoms with E-state index in [1.165, 1.54) is 11.2 Å². The molecule has 0 spiro atoms. The molecule has 10 heteroatoms. The van der Waals surface area contributed by atoms with Crippen molar-refractivity contribution in [2.24, 2.45) is 0 Å². The molecule has 0 unspecified atom stereocenters. The fourth-order valence-corrected chi connectivity index (χ4v) is 5.98. The van der Waals surface area contributed by atoms with Gasteiger partial charge in [-0.1, -0.05) is 6.07 Å². The molecule has 2 fully saturated rings. The Kier molecular flexibility index (Phi) is 6.29. The molecule has 1 aromatic heterocycles. The zero-order valence-electron chi connectivity index (χ0n) is 19.2. The number of anilines is 3. The number of aryl methyl sites for hydroxylation is 2. The van der Waals surface area contributed by atoms with E-state index >= 15 is 0 Å². The van der Waals surface area contributed by atoms with Crippen LogP contribution in [0, 0.1) is 13.8 Å². The summed E-state index contributed by atoms with van der Waals surface area (Å²) >= 11 is 0. The van der Waals surface area contributed by atoms with Gasteiger partial charge in [0, 0.05) is 45.8 Å². The lowest BCUT2D eigenvalue weighted by atomic mass is 10.1. The zero-order chi connectivity index (χ0) is 23.8. The van der Waals surface area contributed by atoms with Gasteiger partial charge in [0.2, 0.25) is 15.9 Å². The SMILES string of the molecule is CC(=O)Nc1cc(N2CCCS2(=O)=O)ccc1C(=O)N1CCN(c2ncc(C)cc2C)CC1. The number of sulfonamides is 1. The van der Waals surface area contributed by atoms with Gasteiger partial charge in [-0.3, -0.25) is 13.9 Å². The molecule has 0 bridgehead atoms. The maximum absolute atomic E-state index is 13.3. The van der Waals surface area contributed by atoms with E-state index in [9.17, 15) is 18.0 Å². The Hall–Kier alpha value is -3.14. The van der Waals surface area contributed by atoms with Crippen molar-refractivity contribution in [1.82, 2.24) is 9.88 Å². The van der Waals surface area contributed by atoms with Crippen molar-refractivity contribution in [3.63, 3.8) is 0 Å². The number of carbonyl (C=O) groups is 2. The molecule has 0 atom stereocenters. The van der Waals surface area contributed by atoms with Gasteiger partial charge in [-0.2, -0.15) is 0 Å². The van der Waals surface area contributed by atoms with Crippen LogP contribution in [-0.2, 0) is 14.8 Å². The summed E-state index contributed by atoms with van der Waals surface area (Å²) in [5.41, 5.74) is 3.35. The number of nitrogens with zero attached hydrogens (tertiary/aromatic N) is 4. The number of carbonyl (C=O) groups excluding carboxylic acids is 2. The van der Waals surface area contributed by atoms with Gasteiger partial charge >= 0.3 is 0 Å². The fraction of sp³-hybridized carbons (Fsp3) is 0.435. The van der Waals surface area contributed by atoms with Crippen LogP contribution < -0.4 is 14.5 Å². The fourth-order valence-electron chi connectivity index (χ4n) is 4.43. The third kappa shape index (κ3) is 4.80. The first-order valence-corrected chi connectivity index (χ1v) is 12.7. The molecule has 2 amide bonds. The molecular formula is C23H29N5O4S. The molecule has 1 N–H and O–H groups in total. The Morgan fingerprint density at radius 1 is 1.03 bits per heavy atom. The highest BCUT2D eigenvalue weighted by atomic mass is 32.2. The Balaban J connectivity index is 1.53. The van der Waals surface area contributed by atoms with E-state index in [0.717, 1.165) is 16.9 Å². The van der Waals surface area contributed by atoms with Crippen molar-refractivity contribution in [2.45, 2.75) is 27.2 Å². The van der Waals surface area contributed by atoms with Gasteiger partial charge in [-0.15, -0.1) is 0 Å². The first kappa shape index (κ1) is 23.0. The molecule has 0 saturated carbocycles. The molecule has 0 aliphatic carbocycles. The van der Waals surface area contributed by atoms with Crippen LogP contribution in [0.2, 0.25) is 0 Å². The monoisotopic (exact) mass is 471 g/mol. The second kappa shape index (κ2) is 9.01. The molecule has 1 aromatic carbocycles. The topological polar surface area (TPSA) is 103 Å². The maximum atomic E-state index is 13.3. The molecule has 176 valence electrons. The number of rotatable bonds is 4. The van der Waals surface area contributed by atoms with Gasteiger partial charge in [-0.25, -0.2) is 13.4 Å². The average molecular weight is 472 g/mol. The first-order chi connectivity index (χ1) is 15.7. The van der Waals surface area contributed by atoms with Crippen molar-refractivity contribution in [3.8, 4) is 0 Å². The lowest BCUT2D eigenvalue weighted by molar-refractivity contribution is -0.114. The van der Waals surface area contributed by atoms with Crippen LogP contribution in [0.1, 0.15) is 34.8 Å². The maximum Gasteiger partial charge on any atom is 0.256 e. The highest BCUT2D eigenvalue weighted by Crippen LogP contribution is 2.30. The minimum absolute atomic E-state index is 0.0999. The number of aromatic nitrogens is 1. The number of hydrogen-bond donors (Lipinski definition) is 1. The number of benzene rings is 1. The summed E-state index contributed by atoms with van der Waals surface area (Å²) in [7, 11) is -3.36. The van der Waals surface area contributed by atoms with Crippen LogP contribution in [0.5, 0.6) is 0 Å². The summed E-state index contributed by atoms with van der Waals surface area (Å²) < 4.78 is 25.9. The van der Waals surface area contributed by atoms with E-state index in [1.807, 2.05) is 20.0 Å². The van der Waals surface area contributed by atoms with Gasteiger partial charge in [0.25, 0.3) is 5.91 Å². The quantitative estimate of drug-likeness (QED) is 0.733. The van der Waals surface area contributed by atoms with E-state index in [1.54, 1.807) is 23.1 Å². The van der Waals surface area contributed by atoms with Crippen LogP contribution in [-0.4, -0.2) is 68.6 Å². The Bertz CT molecular complexity index is 1190. The van der Waals surface area contributed by atoms with Crippen LogP contribution in [0.4, 0.5) is 17.2 Å². The van der Waals surface area contributed by atoms with Gasteiger partial charge in [0.15, 0.2) is 0 Å². The van der Waals surface area contributed by atoms with Crippen LogP contribution in [0.25, 0.3) is 0 Å². The second-order valence-corrected chi connectivity index (χ2v) is 10.6. The second-order valence-electron chi connectivity index (χ2n) is 8.59. The molecule has 3 heterocycles. The van der Waals surface area contributed by atoms with E-state index in [0.29, 0.717) is 56.1 Å². The average Bonchev–Trinajstić information content (AvgIpc) is 3.12. The molecule has 4 rings (SSSR count). The lowest BCUT2D eigenvalue weighted by Gasteiger charge is -2.36. The minimum Gasteiger partial charge on any atom is -0.353 e. The molecule has 2 aromatic rings. The minimum atomic E-state index is -3.36. The number of piperazine rings is 1. The third-order valence-corrected chi connectivity index (χ3v) is 7.85. The smallest absolute Gasteiger partial charge is 0.256 e. The molecule has 2 saturated heterocycles. The third-order valence-electron chi connectivity index (χ3n) is 5.99. The van der Waals surface area contributed by atoms with E-state index < -0.39 is 10.0 Å². The molecule has 9 nitrogen and oxygen atoms in total. The Morgan fingerprint density at radius 3 is 2.36 bits per heavy atom. The van der Waals surface area contributed by atoms with Gasteiger partial charge < -0.3 is 15.1 Å². The predicted octanol–water partition coefficient (Wildman–Crippen LogP) is 2.16. The van der Waals surface area contributed by atoms with Crippen molar-refractivity contribution < 1.29 is 18.0 Å². The van der Waals surface area contributed by atoms with Crippen LogP contribution in [0.15, 0.2) is 30.5 Å². The molecular weight excluding hydrogens is 442 g/mol. The summed E-state index contributed by atoms with van der Waals surface area (Å²) in [5.74, 6) is 0.518. The molecule has 0 radical (unpaired) electrons. The lowest BCUT2D eigenvalue weighted by Crippen LogP contribution is -2.49. The van der Waals surface area contributed by atoms with E-state index in [4.69, 9.17) is 0 Å². The van der Waals surface area contributed by atoms with E-state index in [-0.39, 0.29) is 17.6 Å². The number of amides is 2. The molecule has 33 heavy (non-hydrogen) atoms. The summed E-state index contributed by atoms with van der Waals surface area (Å²) in [4.78, 5) is 33.6. The highest BCUT2D eigenvalue weighted by molar-refractivity contribution is 7.93. The van der Waals surface area contributed by atoms with Gasteiger partial charge in [0.05, 0.1) is 22.7 Å². The number of pyridine rings is 1. The van der Waals surface area contributed by atoms with Crippen molar-refractivity contribution in [2.75, 3.05) is 53.0 Å². The summed E-state index contributed by atoms with van der Waals surface area (Å²) in [6.45, 7) is 8.16. The zero-order valence-corrected chi connectivity index (χ0v) is 20.0. The normalized spacial score (nSPS) is 17.8. The van der Waals surface area contributed by atoms with Crippen LogP contribution in [0.3, 0.4) is 0 Å². The Morgan fingerprint density at radius 2 is 1.76 bits per heavy atom. The predicted molar refractivity (Wildman–Crippen MR) is 128 cm³/mol. The Labute approximate surface area is 194 Å². The first-order valence-electron chi connectivity index (χ1n) is 11.1.